The Morgan fingerprint density at radius 1 is 1.04 bits per heavy atom. The van der Waals surface area contributed by atoms with Crippen molar-refractivity contribution in [2.24, 2.45) is 7.05 Å². The van der Waals surface area contributed by atoms with Crippen LogP contribution in [0.4, 0.5) is 19.0 Å². The van der Waals surface area contributed by atoms with Gasteiger partial charge in [-0.25, -0.2) is 18.2 Å². The molecule has 0 aliphatic carbocycles. The highest BCUT2D eigenvalue weighted by atomic mass is 32.2. The van der Waals surface area contributed by atoms with Gasteiger partial charge in [0.1, 0.15) is 5.82 Å². The molecule has 1 saturated heterocycles. The SMILES string of the molecule is CN(C)c1ccc2c(n1)n(C1CCN(CC(O)Cn3nc(-c4ccc(C(F)(F)F)cc4)c4c3CCN(S(C)(=O)=O)C4)CC1)c(=O)n2C. The van der Waals surface area contributed by atoms with Crippen molar-refractivity contribution in [1.29, 1.82) is 0 Å². The van der Waals surface area contributed by atoms with Gasteiger partial charge in [0, 0.05) is 83.2 Å². The molecule has 16 heteroatoms. The number of aromatic nitrogens is 5. The number of anilines is 1. The lowest BCUT2D eigenvalue weighted by atomic mass is 10.0. The molecule has 2 aliphatic heterocycles. The maximum absolute atomic E-state index is 13.2. The molecule has 1 aromatic carbocycles. The lowest BCUT2D eigenvalue weighted by Gasteiger charge is -2.33. The molecule has 6 rings (SSSR count). The van der Waals surface area contributed by atoms with Crippen LogP contribution in [0.1, 0.15) is 35.7 Å². The number of rotatable bonds is 8. The molecule has 0 saturated carbocycles. The summed E-state index contributed by atoms with van der Waals surface area (Å²) in [6.45, 7) is 2.12. The molecule has 254 valence electrons. The number of hydrogen-bond donors (Lipinski definition) is 1. The van der Waals surface area contributed by atoms with E-state index in [-0.39, 0.29) is 31.4 Å². The van der Waals surface area contributed by atoms with Crippen LogP contribution < -0.4 is 10.6 Å². The van der Waals surface area contributed by atoms with Crippen molar-refractivity contribution < 1.29 is 26.7 Å². The molecular formula is C31H39F3N8O4S. The van der Waals surface area contributed by atoms with Gasteiger partial charge in [-0.15, -0.1) is 0 Å². The van der Waals surface area contributed by atoms with E-state index in [0.717, 1.165) is 35.4 Å². The van der Waals surface area contributed by atoms with Crippen LogP contribution in [0.25, 0.3) is 22.4 Å². The molecule has 0 radical (unpaired) electrons. The predicted octanol–water partition coefficient (Wildman–Crippen LogP) is 2.70. The number of hydrogen-bond acceptors (Lipinski definition) is 8. The molecule has 2 aliphatic rings. The summed E-state index contributed by atoms with van der Waals surface area (Å²) in [7, 11) is 2.05. The smallest absolute Gasteiger partial charge is 0.390 e. The highest BCUT2D eigenvalue weighted by Gasteiger charge is 2.33. The Balaban J connectivity index is 1.17. The van der Waals surface area contributed by atoms with E-state index in [1.165, 1.54) is 16.4 Å². The van der Waals surface area contributed by atoms with Gasteiger partial charge in [0.15, 0.2) is 5.65 Å². The number of aliphatic hydroxyl groups excluding tert-OH is 1. The lowest BCUT2D eigenvalue weighted by Crippen LogP contribution is -2.42. The first-order valence-electron chi connectivity index (χ1n) is 15.5. The summed E-state index contributed by atoms with van der Waals surface area (Å²) >= 11 is 0. The Hall–Kier alpha value is -3.73. The van der Waals surface area contributed by atoms with Crippen LogP contribution in [-0.4, -0.2) is 99.3 Å². The van der Waals surface area contributed by atoms with Crippen molar-refractivity contribution in [3.63, 3.8) is 0 Å². The maximum Gasteiger partial charge on any atom is 0.416 e. The van der Waals surface area contributed by atoms with E-state index < -0.39 is 27.9 Å². The monoisotopic (exact) mass is 676 g/mol. The molecular weight excluding hydrogens is 637 g/mol. The maximum atomic E-state index is 13.2. The number of β-amino-alcohol motifs (C(OH)–C–C–N with tert-alkyl or cyclic N) is 1. The average molecular weight is 677 g/mol. The third kappa shape index (κ3) is 6.55. The molecule has 1 fully saturated rings. The van der Waals surface area contributed by atoms with E-state index in [9.17, 15) is 31.5 Å². The van der Waals surface area contributed by atoms with Crippen LogP contribution in [-0.2, 0) is 42.8 Å². The summed E-state index contributed by atoms with van der Waals surface area (Å²) in [5.74, 6) is 0.767. The summed E-state index contributed by atoms with van der Waals surface area (Å²) in [5.41, 5.74) is 2.77. The van der Waals surface area contributed by atoms with Gasteiger partial charge in [0.05, 0.1) is 35.7 Å². The van der Waals surface area contributed by atoms with Gasteiger partial charge in [-0.3, -0.25) is 13.8 Å². The molecule has 47 heavy (non-hydrogen) atoms. The van der Waals surface area contributed by atoms with Crippen molar-refractivity contribution in [1.82, 2.24) is 33.1 Å². The van der Waals surface area contributed by atoms with Crippen molar-refractivity contribution >= 4 is 27.0 Å². The Morgan fingerprint density at radius 2 is 1.72 bits per heavy atom. The zero-order chi connectivity index (χ0) is 33.8. The topological polar surface area (TPSA) is 122 Å². The predicted molar refractivity (Wildman–Crippen MR) is 172 cm³/mol. The molecule has 1 N–H and O–H groups in total. The minimum atomic E-state index is -4.49. The molecule has 0 bridgehead atoms. The van der Waals surface area contributed by atoms with Crippen LogP contribution in [0.2, 0.25) is 0 Å². The van der Waals surface area contributed by atoms with Crippen LogP contribution in [0, 0.1) is 0 Å². The molecule has 1 unspecified atom stereocenters. The number of likely N-dealkylation sites (tertiary alicyclic amines) is 1. The lowest BCUT2D eigenvalue weighted by molar-refractivity contribution is -0.137. The summed E-state index contributed by atoms with van der Waals surface area (Å²) in [6.07, 6.45) is -2.40. The highest BCUT2D eigenvalue weighted by molar-refractivity contribution is 7.88. The zero-order valence-electron chi connectivity index (χ0n) is 26.8. The second kappa shape index (κ2) is 12.4. The number of fused-ring (bicyclic) bond motifs is 2. The number of nitrogens with zero attached hydrogens (tertiary/aromatic N) is 8. The number of alkyl halides is 3. The van der Waals surface area contributed by atoms with Crippen molar-refractivity contribution in [2.45, 2.75) is 50.7 Å². The summed E-state index contributed by atoms with van der Waals surface area (Å²) in [6, 6.07) is 8.42. The third-order valence-electron chi connectivity index (χ3n) is 9.21. The molecule has 12 nitrogen and oxygen atoms in total. The first-order chi connectivity index (χ1) is 22.1. The van der Waals surface area contributed by atoms with Crippen LogP contribution in [0.15, 0.2) is 41.2 Å². The summed E-state index contributed by atoms with van der Waals surface area (Å²) in [5, 5.41) is 15.9. The Morgan fingerprint density at radius 3 is 2.34 bits per heavy atom. The fraction of sp³-hybridized carbons (Fsp3) is 0.516. The van der Waals surface area contributed by atoms with Gasteiger partial charge in [0.25, 0.3) is 0 Å². The third-order valence-corrected chi connectivity index (χ3v) is 10.5. The number of imidazole rings is 1. The highest BCUT2D eigenvalue weighted by Crippen LogP contribution is 2.34. The van der Waals surface area contributed by atoms with Crippen molar-refractivity contribution in [3.8, 4) is 11.3 Å². The van der Waals surface area contributed by atoms with E-state index in [0.29, 0.717) is 61.4 Å². The van der Waals surface area contributed by atoms with Gasteiger partial charge in [-0.1, -0.05) is 12.1 Å². The van der Waals surface area contributed by atoms with Crippen molar-refractivity contribution in [3.05, 3.63) is 63.7 Å². The van der Waals surface area contributed by atoms with Gasteiger partial charge >= 0.3 is 11.9 Å². The van der Waals surface area contributed by atoms with Gasteiger partial charge in [-0.05, 0) is 37.1 Å². The second-order valence-corrected chi connectivity index (χ2v) is 14.7. The van der Waals surface area contributed by atoms with Gasteiger partial charge in [-0.2, -0.15) is 22.6 Å². The Labute approximate surface area is 270 Å². The second-order valence-electron chi connectivity index (χ2n) is 12.7. The van der Waals surface area contributed by atoms with Crippen LogP contribution in [0.3, 0.4) is 0 Å². The summed E-state index contributed by atoms with van der Waals surface area (Å²) in [4.78, 5) is 22.0. The number of pyridine rings is 1. The number of aliphatic hydroxyl groups is 1. The number of benzene rings is 1. The van der Waals surface area contributed by atoms with E-state index in [1.807, 2.05) is 31.1 Å². The minimum absolute atomic E-state index is 0.0354. The molecule has 5 heterocycles. The molecule has 0 amide bonds. The summed E-state index contributed by atoms with van der Waals surface area (Å²) < 4.78 is 70.7. The van der Waals surface area contributed by atoms with Crippen molar-refractivity contribution in [2.75, 3.05) is 51.4 Å². The zero-order valence-corrected chi connectivity index (χ0v) is 27.6. The standard InChI is InChI=1S/C31H39F3N8O4S/c1-37(2)27-10-9-26-29(35-27)42(30(44)38(26)3)22-11-14-39(15-12-22)17-23(43)18-41-25-13-16-40(47(4,45)46)19-24(25)28(36-41)20-5-7-21(8-6-20)31(32,33)34/h5-10,22-23,43H,11-19H2,1-4H3. The Bertz CT molecular complexity index is 1940. The number of sulfonamides is 1. The fourth-order valence-corrected chi connectivity index (χ4v) is 7.45. The quantitative estimate of drug-likeness (QED) is 0.303. The van der Waals surface area contributed by atoms with E-state index >= 15 is 0 Å². The van der Waals surface area contributed by atoms with Gasteiger partial charge < -0.3 is 14.9 Å². The Kier molecular flexibility index (Phi) is 8.74. The first-order valence-corrected chi connectivity index (χ1v) is 17.3. The number of halogens is 3. The van der Waals surface area contributed by atoms with E-state index in [2.05, 4.69) is 4.90 Å². The largest absolute Gasteiger partial charge is 0.416 e. The molecule has 1 atom stereocenters. The van der Waals surface area contributed by atoms with E-state index in [4.69, 9.17) is 10.1 Å². The normalized spacial score (nSPS) is 17.7. The minimum Gasteiger partial charge on any atom is -0.390 e. The first kappa shape index (κ1) is 33.2. The van der Waals surface area contributed by atoms with Crippen LogP contribution in [0.5, 0.6) is 0 Å². The van der Waals surface area contributed by atoms with Gasteiger partial charge in [0.2, 0.25) is 10.0 Å². The number of aryl methyl sites for hydroxylation is 1. The molecule has 4 aromatic rings. The molecule has 0 spiro atoms. The van der Waals surface area contributed by atoms with Crippen LogP contribution >= 0.6 is 0 Å². The average Bonchev–Trinajstić information content (AvgIpc) is 3.50. The van der Waals surface area contributed by atoms with E-state index in [1.54, 1.807) is 20.9 Å². The molecule has 3 aromatic heterocycles. The fourth-order valence-electron chi connectivity index (χ4n) is 6.67. The number of piperidine rings is 1.